The van der Waals surface area contributed by atoms with Crippen LogP contribution in [-0.4, -0.2) is 9.55 Å². The molecule has 3 heteroatoms. The summed E-state index contributed by atoms with van der Waals surface area (Å²) in [7, 11) is 0. The third-order valence-corrected chi connectivity index (χ3v) is 4.50. The summed E-state index contributed by atoms with van der Waals surface area (Å²) in [6.45, 7) is 0. The Hall–Kier alpha value is -3.20. The van der Waals surface area contributed by atoms with Gasteiger partial charge in [0.2, 0.25) is 0 Å². The van der Waals surface area contributed by atoms with Gasteiger partial charge >= 0.3 is 0 Å². The number of fused-ring (bicyclic) bond motifs is 5. The number of benzene rings is 3. The minimum atomic E-state index is -0.226. The molecular formula is C21H13FN2. The molecule has 0 radical (unpaired) electrons. The van der Waals surface area contributed by atoms with Gasteiger partial charge in [-0.25, -0.2) is 9.37 Å². The standard InChI is InChI=1S/C21H13FN2/c22-15-9-11-18-17(13-15)21-16-6-2-1-5-14(16)8-10-19(21)24(18)20-7-3-4-12-23-20/h1-13H. The molecule has 0 aliphatic carbocycles. The molecule has 3 aromatic carbocycles. The Bertz CT molecular complexity index is 1210. The highest BCUT2D eigenvalue weighted by Gasteiger charge is 2.15. The van der Waals surface area contributed by atoms with Crippen molar-refractivity contribution < 1.29 is 4.39 Å². The molecule has 5 rings (SSSR count). The van der Waals surface area contributed by atoms with E-state index in [0.717, 1.165) is 38.4 Å². The molecule has 5 aromatic rings. The van der Waals surface area contributed by atoms with E-state index in [-0.39, 0.29) is 5.82 Å². The van der Waals surface area contributed by atoms with Crippen LogP contribution in [0.1, 0.15) is 0 Å². The van der Waals surface area contributed by atoms with Crippen molar-refractivity contribution in [3.05, 3.63) is 84.8 Å². The van der Waals surface area contributed by atoms with Crippen molar-refractivity contribution in [3.8, 4) is 5.82 Å². The molecule has 2 heterocycles. The summed E-state index contributed by atoms with van der Waals surface area (Å²) in [4.78, 5) is 4.49. The van der Waals surface area contributed by atoms with Crippen molar-refractivity contribution in [3.63, 3.8) is 0 Å². The molecule has 0 amide bonds. The minimum Gasteiger partial charge on any atom is -0.294 e. The van der Waals surface area contributed by atoms with Gasteiger partial charge in [0.1, 0.15) is 11.6 Å². The molecule has 0 fully saturated rings. The molecule has 2 aromatic heterocycles. The molecule has 0 aliphatic heterocycles. The number of aromatic nitrogens is 2. The number of nitrogens with zero attached hydrogens (tertiary/aromatic N) is 2. The first kappa shape index (κ1) is 13.3. The maximum absolute atomic E-state index is 14.0. The van der Waals surface area contributed by atoms with Gasteiger partial charge in [0.15, 0.2) is 0 Å². The Labute approximate surface area is 137 Å². The van der Waals surface area contributed by atoms with Gasteiger partial charge in [0.05, 0.1) is 11.0 Å². The van der Waals surface area contributed by atoms with Crippen molar-refractivity contribution in [2.75, 3.05) is 0 Å². The molecule has 0 aliphatic rings. The zero-order valence-electron chi connectivity index (χ0n) is 12.8. The second-order valence-corrected chi connectivity index (χ2v) is 5.87. The Morgan fingerprint density at radius 2 is 1.58 bits per heavy atom. The van der Waals surface area contributed by atoms with Crippen LogP contribution in [0, 0.1) is 5.82 Å². The molecule has 0 atom stereocenters. The van der Waals surface area contributed by atoms with Gasteiger partial charge in [-0.05, 0) is 47.2 Å². The molecule has 0 spiro atoms. The second-order valence-electron chi connectivity index (χ2n) is 5.87. The van der Waals surface area contributed by atoms with Crippen LogP contribution >= 0.6 is 0 Å². The van der Waals surface area contributed by atoms with Crippen LogP contribution in [0.25, 0.3) is 38.4 Å². The minimum absolute atomic E-state index is 0.226. The molecule has 0 saturated heterocycles. The monoisotopic (exact) mass is 312 g/mol. The molecule has 2 nitrogen and oxygen atoms in total. The summed E-state index contributed by atoms with van der Waals surface area (Å²) in [5, 5.41) is 4.25. The van der Waals surface area contributed by atoms with Crippen LogP contribution in [0.15, 0.2) is 79.0 Å². The molecule has 0 saturated carbocycles. The first-order valence-electron chi connectivity index (χ1n) is 7.86. The number of halogens is 1. The van der Waals surface area contributed by atoms with Crippen molar-refractivity contribution in [1.29, 1.82) is 0 Å². The fourth-order valence-electron chi connectivity index (χ4n) is 3.50. The van der Waals surface area contributed by atoms with E-state index in [2.05, 4.69) is 33.8 Å². The highest BCUT2D eigenvalue weighted by atomic mass is 19.1. The molecule has 0 unspecified atom stereocenters. The molecule has 0 N–H and O–H groups in total. The average molecular weight is 312 g/mol. The van der Waals surface area contributed by atoms with Gasteiger partial charge < -0.3 is 0 Å². The first-order valence-corrected chi connectivity index (χ1v) is 7.86. The maximum Gasteiger partial charge on any atom is 0.137 e. The van der Waals surface area contributed by atoms with E-state index in [1.165, 1.54) is 6.07 Å². The van der Waals surface area contributed by atoms with Crippen LogP contribution in [0.4, 0.5) is 4.39 Å². The van der Waals surface area contributed by atoms with E-state index in [4.69, 9.17) is 0 Å². The topological polar surface area (TPSA) is 17.8 Å². The van der Waals surface area contributed by atoms with Crippen LogP contribution < -0.4 is 0 Å². The van der Waals surface area contributed by atoms with Crippen LogP contribution in [0.2, 0.25) is 0 Å². The lowest BCUT2D eigenvalue weighted by atomic mass is 10.0. The zero-order valence-corrected chi connectivity index (χ0v) is 12.8. The lowest BCUT2D eigenvalue weighted by Gasteiger charge is -2.06. The van der Waals surface area contributed by atoms with Crippen LogP contribution in [0.3, 0.4) is 0 Å². The van der Waals surface area contributed by atoms with Crippen LogP contribution in [-0.2, 0) is 0 Å². The Kier molecular flexibility index (Phi) is 2.71. The molecule has 24 heavy (non-hydrogen) atoms. The molecule has 114 valence electrons. The van der Waals surface area contributed by atoms with Gasteiger partial charge in [0, 0.05) is 17.0 Å². The number of pyridine rings is 1. The Morgan fingerprint density at radius 3 is 2.46 bits per heavy atom. The lowest BCUT2D eigenvalue weighted by molar-refractivity contribution is 0.629. The molecular weight excluding hydrogens is 299 g/mol. The van der Waals surface area contributed by atoms with Crippen molar-refractivity contribution >= 4 is 32.6 Å². The van der Waals surface area contributed by atoms with Gasteiger partial charge in [-0.2, -0.15) is 0 Å². The van der Waals surface area contributed by atoms with Gasteiger partial charge in [-0.15, -0.1) is 0 Å². The van der Waals surface area contributed by atoms with Crippen LogP contribution in [0.5, 0.6) is 0 Å². The maximum atomic E-state index is 14.0. The zero-order chi connectivity index (χ0) is 16.1. The van der Waals surface area contributed by atoms with E-state index in [0.29, 0.717) is 0 Å². The van der Waals surface area contributed by atoms with Gasteiger partial charge in [-0.3, -0.25) is 4.57 Å². The quantitative estimate of drug-likeness (QED) is 0.401. The van der Waals surface area contributed by atoms with E-state index >= 15 is 0 Å². The average Bonchev–Trinajstić information content (AvgIpc) is 2.96. The summed E-state index contributed by atoms with van der Waals surface area (Å²) < 4.78 is 16.0. The lowest BCUT2D eigenvalue weighted by Crippen LogP contribution is -1.96. The summed E-state index contributed by atoms with van der Waals surface area (Å²) in [5.41, 5.74) is 1.99. The van der Waals surface area contributed by atoms with Gasteiger partial charge in [-0.1, -0.05) is 36.4 Å². The van der Waals surface area contributed by atoms with Crippen molar-refractivity contribution in [1.82, 2.24) is 9.55 Å². The first-order chi connectivity index (χ1) is 11.8. The summed E-state index contributed by atoms with van der Waals surface area (Å²) in [6, 6.07) is 23.2. The third kappa shape index (κ3) is 1.78. The second kappa shape index (κ2) is 4.90. The summed E-state index contributed by atoms with van der Waals surface area (Å²) in [5.74, 6) is 0.606. The predicted octanol–water partition coefficient (Wildman–Crippen LogP) is 5.47. The summed E-state index contributed by atoms with van der Waals surface area (Å²) in [6.07, 6.45) is 1.78. The Morgan fingerprint density at radius 1 is 0.750 bits per heavy atom. The SMILES string of the molecule is Fc1ccc2c(c1)c1c3ccccc3ccc1n2-c1ccccn1. The van der Waals surface area contributed by atoms with E-state index in [1.807, 2.05) is 36.4 Å². The van der Waals surface area contributed by atoms with Crippen molar-refractivity contribution in [2.45, 2.75) is 0 Å². The fraction of sp³-hybridized carbons (Fsp3) is 0. The van der Waals surface area contributed by atoms with Crippen molar-refractivity contribution in [2.24, 2.45) is 0 Å². The van der Waals surface area contributed by atoms with E-state index in [9.17, 15) is 4.39 Å². The highest BCUT2D eigenvalue weighted by molar-refractivity contribution is 6.21. The largest absolute Gasteiger partial charge is 0.294 e. The van der Waals surface area contributed by atoms with E-state index in [1.54, 1.807) is 12.3 Å². The highest BCUT2D eigenvalue weighted by Crippen LogP contribution is 2.36. The normalized spacial score (nSPS) is 11.5. The number of hydrogen-bond acceptors (Lipinski definition) is 1. The summed E-state index contributed by atoms with van der Waals surface area (Å²) >= 11 is 0. The number of rotatable bonds is 1. The number of hydrogen-bond donors (Lipinski definition) is 0. The molecule has 0 bridgehead atoms. The van der Waals surface area contributed by atoms with Gasteiger partial charge in [0.25, 0.3) is 0 Å². The van der Waals surface area contributed by atoms with E-state index < -0.39 is 0 Å². The third-order valence-electron chi connectivity index (χ3n) is 4.50. The Balaban J connectivity index is 2.07. The fourth-order valence-corrected chi connectivity index (χ4v) is 3.50. The smallest absolute Gasteiger partial charge is 0.137 e. The predicted molar refractivity (Wildman–Crippen MR) is 96.0 cm³/mol.